The average Bonchev–Trinajstić information content (AvgIpc) is 3.52. The first-order valence-corrected chi connectivity index (χ1v) is 19.3. The maximum atomic E-state index is 15.1. The van der Waals surface area contributed by atoms with Gasteiger partial charge in [0.2, 0.25) is 0 Å². The Morgan fingerprint density at radius 3 is 2.29 bits per heavy atom. The molecule has 3 aliphatic carbocycles. The van der Waals surface area contributed by atoms with Crippen LogP contribution in [0.15, 0.2) is 28.7 Å². The molecule has 2 heterocycles. The minimum Gasteiger partial charge on any atom is -0.455 e. The van der Waals surface area contributed by atoms with Crippen LogP contribution in [0.3, 0.4) is 0 Å². The second-order valence-corrected chi connectivity index (χ2v) is 19.6. The minimum absolute atomic E-state index is 0.0975. The van der Waals surface area contributed by atoms with Gasteiger partial charge in [0.25, 0.3) is 0 Å². The number of hydrogen-bond donors (Lipinski definition) is 2. The van der Waals surface area contributed by atoms with Gasteiger partial charge in [-0.1, -0.05) is 40.7 Å². The number of fused-ring (bicyclic) bond motifs is 5. The van der Waals surface area contributed by atoms with Gasteiger partial charge < -0.3 is 28.8 Å². The molecule has 12 heteroatoms. The van der Waals surface area contributed by atoms with Crippen LogP contribution >= 0.6 is 11.3 Å². The van der Waals surface area contributed by atoms with E-state index in [4.69, 9.17) is 18.6 Å². The number of thiophene rings is 1. The Bertz CT molecular complexity index is 1410. The van der Waals surface area contributed by atoms with E-state index in [1.165, 1.54) is 6.92 Å². The summed E-state index contributed by atoms with van der Waals surface area (Å²) in [4.78, 5) is 55.5. The number of hydrogen-bond acceptors (Lipinski definition) is 11. The molecule has 3 fully saturated rings. The molecule has 10 nitrogen and oxygen atoms in total. The van der Waals surface area contributed by atoms with E-state index in [1.807, 2.05) is 0 Å². The third-order valence-corrected chi connectivity index (χ3v) is 17.3. The molecule has 45 heavy (non-hydrogen) atoms. The summed E-state index contributed by atoms with van der Waals surface area (Å²) in [5.74, 6) is -3.71. The van der Waals surface area contributed by atoms with Gasteiger partial charge in [0.05, 0.1) is 24.0 Å². The lowest BCUT2D eigenvalue weighted by Gasteiger charge is -2.68. The first-order valence-electron chi connectivity index (χ1n) is 15.9. The number of ketones is 2. The molecule has 248 valence electrons. The summed E-state index contributed by atoms with van der Waals surface area (Å²) in [6.07, 6.45) is -5.11. The van der Waals surface area contributed by atoms with E-state index in [1.54, 1.807) is 45.2 Å². The minimum atomic E-state index is -2.42. The number of aliphatic hydroxyl groups excluding tert-OH is 1. The fourth-order valence-electron chi connectivity index (χ4n) is 8.74. The van der Waals surface area contributed by atoms with Crippen molar-refractivity contribution in [3.05, 3.63) is 33.5 Å². The van der Waals surface area contributed by atoms with Gasteiger partial charge in [0.1, 0.15) is 28.8 Å². The molecule has 0 unspecified atom stereocenters. The molecule has 2 bridgehead atoms. The average molecular weight is 663 g/mol. The summed E-state index contributed by atoms with van der Waals surface area (Å²) in [6.45, 7) is 13.9. The van der Waals surface area contributed by atoms with Crippen molar-refractivity contribution in [3.8, 4) is 0 Å². The van der Waals surface area contributed by atoms with Gasteiger partial charge in [-0.25, -0.2) is 4.79 Å². The molecule has 1 saturated heterocycles. The SMILES string of the molecule is CC[Si](CC)(CC)O[C@H]1C[C@H]2OC[C@@]2(OC(C)=O)[C@H]2[C@H](OC(=O)c3cccs3)[C@]3(O)CC(=O)C(C)=C([C@@H](O)C(=O)[C@]12C)C3(C)C. The molecular weight excluding hydrogens is 617 g/mol. The Hall–Kier alpha value is -2.22. The molecule has 5 rings (SSSR count). The quantitative estimate of drug-likeness (QED) is 0.304. The van der Waals surface area contributed by atoms with Gasteiger partial charge in [0.15, 0.2) is 25.5 Å². The van der Waals surface area contributed by atoms with Gasteiger partial charge in [-0.15, -0.1) is 11.3 Å². The zero-order chi connectivity index (χ0) is 33.3. The lowest BCUT2D eigenvalue weighted by Crippen LogP contribution is -2.82. The van der Waals surface area contributed by atoms with Crippen molar-refractivity contribution in [2.75, 3.05) is 6.61 Å². The van der Waals surface area contributed by atoms with Crippen LogP contribution in [0.5, 0.6) is 0 Å². The van der Waals surface area contributed by atoms with Crippen molar-refractivity contribution in [1.82, 2.24) is 0 Å². The van der Waals surface area contributed by atoms with E-state index in [0.29, 0.717) is 0 Å². The standard InChI is InChI=1S/C33H46O10SSi/c1-9-45(10-2,11-3)43-22-15-23-32(17-40-23,42-19(5)34)26-28(41-29(38)21-13-12-14-44-21)33(39)16-20(35)18(4)24(30(33,6)7)25(36)27(37)31(22,26)8/h12-14,22-23,25-26,28,36,39H,9-11,15-17H2,1-8H3/t22-,23+,25+,26-,28-,31+,32-,33+/m0/s1. The van der Waals surface area contributed by atoms with E-state index in [-0.39, 0.29) is 29.1 Å². The van der Waals surface area contributed by atoms with Crippen LogP contribution in [0.1, 0.15) is 77.9 Å². The zero-order valence-corrected chi connectivity index (χ0v) is 29.2. The number of carbonyl (C=O) groups is 4. The number of Topliss-reactive ketones (excluding diaryl/α,β-unsaturated/α-hetero) is 2. The fourth-order valence-corrected chi connectivity index (χ4v) is 12.3. The van der Waals surface area contributed by atoms with E-state index in [0.717, 1.165) is 29.5 Å². The predicted octanol–water partition coefficient (Wildman–Crippen LogP) is 4.38. The number of esters is 2. The number of aliphatic hydroxyl groups is 2. The van der Waals surface area contributed by atoms with Gasteiger partial charge in [-0.3, -0.25) is 14.4 Å². The molecule has 1 aromatic rings. The summed E-state index contributed by atoms with van der Waals surface area (Å²) in [6, 6.07) is 5.62. The highest BCUT2D eigenvalue weighted by Gasteiger charge is 2.78. The molecule has 1 aliphatic heterocycles. The van der Waals surface area contributed by atoms with Crippen molar-refractivity contribution in [3.63, 3.8) is 0 Å². The lowest BCUT2D eigenvalue weighted by molar-refractivity contribution is -0.343. The van der Waals surface area contributed by atoms with E-state index in [9.17, 15) is 24.6 Å². The van der Waals surface area contributed by atoms with E-state index in [2.05, 4.69) is 20.8 Å². The van der Waals surface area contributed by atoms with Crippen LogP contribution in [0.2, 0.25) is 18.1 Å². The van der Waals surface area contributed by atoms with Crippen LogP contribution < -0.4 is 0 Å². The largest absolute Gasteiger partial charge is 0.455 e. The molecular formula is C33H46O10SSi. The second kappa shape index (κ2) is 11.5. The van der Waals surface area contributed by atoms with Crippen molar-refractivity contribution in [2.45, 2.75) is 122 Å². The number of allylic oxidation sites excluding steroid dienone is 1. The summed E-state index contributed by atoms with van der Waals surface area (Å²) in [7, 11) is -2.42. The summed E-state index contributed by atoms with van der Waals surface area (Å²) < 4.78 is 25.6. The van der Waals surface area contributed by atoms with Gasteiger partial charge in [-0.2, -0.15) is 0 Å². The fraction of sp³-hybridized carbons (Fsp3) is 0.697. The first-order chi connectivity index (χ1) is 21.0. The molecule has 0 spiro atoms. The molecule has 0 aromatic carbocycles. The molecule has 2 N–H and O–H groups in total. The molecule has 2 saturated carbocycles. The Kier molecular flexibility index (Phi) is 8.71. The smallest absolute Gasteiger partial charge is 0.348 e. The Morgan fingerprint density at radius 2 is 1.78 bits per heavy atom. The van der Waals surface area contributed by atoms with Crippen molar-refractivity contribution < 1.29 is 48.0 Å². The van der Waals surface area contributed by atoms with E-state index < -0.39 is 90.6 Å². The molecule has 4 aliphatic rings. The van der Waals surface area contributed by atoms with Gasteiger partial charge >= 0.3 is 11.9 Å². The lowest BCUT2D eigenvalue weighted by atomic mass is 9.45. The summed E-state index contributed by atoms with van der Waals surface area (Å²) >= 11 is 1.16. The maximum absolute atomic E-state index is 15.1. The van der Waals surface area contributed by atoms with Crippen LogP contribution in [0.25, 0.3) is 0 Å². The third-order valence-electron chi connectivity index (χ3n) is 11.8. The molecule has 1 aromatic heterocycles. The Labute approximate surface area is 269 Å². The van der Waals surface area contributed by atoms with Gasteiger partial charge in [-0.05, 0) is 54.6 Å². The second-order valence-electron chi connectivity index (χ2n) is 14.0. The summed E-state index contributed by atoms with van der Waals surface area (Å²) in [5, 5.41) is 26.7. The van der Waals surface area contributed by atoms with Crippen molar-refractivity contribution in [1.29, 1.82) is 0 Å². The van der Waals surface area contributed by atoms with Crippen LogP contribution in [-0.2, 0) is 33.0 Å². The Balaban J connectivity index is 1.84. The highest BCUT2D eigenvalue weighted by molar-refractivity contribution is 7.11. The topological polar surface area (TPSA) is 146 Å². The molecule has 8 atom stereocenters. The third kappa shape index (κ3) is 4.77. The van der Waals surface area contributed by atoms with Crippen molar-refractivity contribution >= 4 is 43.2 Å². The number of carbonyl (C=O) groups excluding carboxylic acids is 4. The van der Waals surface area contributed by atoms with Crippen LogP contribution in [-0.4, -0.2) is 84.3 Å². The van der Waals surface area contributed by atoms with Crippen LogP contribution in [0, 0.1) is 16.7 Å². The summed E-state index contributed by atoms with van der Waals surface area (Å²) in [5.41, 5.74) is -6.37. The Morgan fingerprint density at radius 1 is 1.13 bits per heavy atom. The maximum Gasteiger partial charge on any atom is 0.348 e. The number of rotatable bonds is 8. The van der Waals surface area contributed by atoms with Gasteiger partial charge in [0, 0.05) is 25.2 Å². The van der Waals surface area contributed by atoms with Crippen molar-refractivity contribution in [2.24, 2.45) is 16.7 Å². The zero-order valence-electron chi connectivity index (χ0n) is 27.4. The highest BCUT2D eigenvalue weighted by atomic mass is 32.1. The first kappa shape index (κ1) is 34.1. The van der Waals surface area contributed by atoms with Crippen LogP contribution in [0.4, 0.5) is 0 Å². The molecule has 0 amide bonds. The highest BCUT2D eigenvalue weighted by Crippen LogP contribution is 2.64. The number of ether oxygens (including phenoxy) is 3. The van der Waals surface area contributed by atoms with E-state index >= 15 is 4.79 Å². The predicted molar refractivity (Wildman–Crippen MR) is 168 cm³/mol. The monoisotopic (exact) mass is 662 g/mol. The normalized spacial score (nSPS) is 37.5. The molecule has 0 radical (unpaired) electrons.